The van der Waals surface area contributed by atoms with Crippen molar-refractivity contribution in [2.75, 3.05) is 0 Å². The Kier molecular flexibility index (Phi) is 4.77. The van der Waals surface area contributed by atoms with Gasteiger partial charge in [-0.25, -0.2) is 4.98 Å². The average Bonchev–Trinajstić information content (AvgIpc) is 2.67. The van der Waals surface area contributed by atoms with Crippen molar-refractivity contribution in [3.8, 4) is 5.75 Å². The zero-order valence-corrected chi connectivity index (χ0v) is 14.8. The van der Waals surface area contributed by atoms with Gasteiger partial charge in [0, 0.05) is 16.5 Å². The second kappa shape index (κ2) is 7.38. The predicted molar refractivity (Wildman–Crippen MR) is 100.0 cm³/mol. The van der Waals surface area contributed by atoms with E-state index >= 15 is 0 Å². The van der Waals surface area contributed by atoms with Crippen molar-refractivity contribution in [1.82, 2.24) is 4.98 Å². The maximum absolute atomic E-state index is 12.7. The zero-order valence-electron chi connectivity index (χ0n) is 14.8. The summed E-state index contributed by atoms with van der Waals surface area (Å²) in [5.41, 5.74) is 3.21. The van der Waals surface area contributed by atoms with E-state index in [1.807, 2.05) is 0 Å². The summed E-state index contributed by atoms with van der Waals surface area (Å²) in [5.74, 6) is -1.17. The van der Waals surface area contributed by atoms with Crippen molar-refractivity contribution in [2.45, 2.75) is 25.9 Å². The number of carboxylic acids is 1. The van der Waals surface area contributed by atoms with E-state index in [0.717, 1.165) is 12.0 Å². The lowest BCUT2D eigenvalue weighted by Gasteiger charge is -2.23. The molecule has 0 amide bonds. The number of carboxylic acid groups (broad SMARTS) is 1. The van der Waals surface area contributed by atoms with Crippen LogP contribution < -0.4 is 9.84 Å². The molecule has 1 aromatic heterocycles. The van der Waals surface area contributed by atoms with Crippen molar-refractivity contribution >= 4 is 28.5 Å². The predicted octanol–water partition coefficient (Wildman–Crippen LogP) is 4.08. The third-order valence-electron chi connectivity index (χ3n) is 4.84. The van der Waals surface area contributed by atoms with Crippen molar-refractivity contribution in [3.63, 3.8) is 0 Å². The molecule has 0 atom stereocenters. The van der Waals surface area contributed by atoms with Crippen LogP contribution in [0.25, 0.3) is 22.6 Å². The summed E-state index contributed by atoms with van der Waals surface area (Å²) >= 11 is 0. The highest BCUT2D eigenvalue weighted by atomic mass is 19.3. The smallest absolute Gasteiger partial charge is 0.387 e. The van der Waals surface area contributed by atoms with Crippen LogP contribution in [-0.2, 0) is 6.42 Å². The number of alkyl halides is 2. The molecule has 0 N–H and O–H groups in total. The van der Waals surface area contributed by atoms with Crippen LogP contribution in [0, 0.1) is 0 Å². The van der Waals surface area contributed by atoms with Gasteiger partial charge in [-0.05, 0) is 48.6 Å². The number of nitrogens with zero attached hydrogens (tertiary/aromatic N) is 1. The van der Waals surface area contributed by atoms with E-state index < -0.39 is 12.6 Å². The second-order valence-corrected chi connectivity index (χ2v) is 6.56. The summed E-state index contributed by atoms with van der Waals surface area (Å²) in [6.45, 7) is -2.93. The molecule has 1 aliphatic rings. The third kappa shape index (κ3) is 3.33. The normalized spacial score (nSPS) is 15.0. The topological polar surface area (TPSA) is 62.2 Å². The maximum Gasteiger partial charge on any atom is 0.387 e. The Balaban J connectivity index is 1.91. The number of allylic oxidation sites excluding steroid dienone is 1. The van der Waals surface area contributed by atoms with Gasteiger partial charge in [0.1, 0.15) is 5.75 Å². The fraction of sp³-hybridized carbons (Fsp3) is 0.182. The van der Waals surface area contributed by atoms with Gasteiger partial charge in [0.05, 0.1) is 17.2 Å². The van der Waals surface area contributed by atoms with Gasteiger partial charge in [-0.15, -0.1) is 0 Å². The number of fused-ring (bicyclic) bond motifs is 2. The van der Waals surface area contributed by atoms with Crippen LogP contribution in [-0.4, -0.2) is 17.6 Å². The fourth-order valence-corrected chi connectivity index (χ4v) is 3.70. The first-order valence-electron chi connectivity index (χ1n) is 8.92. The number of rotatable bonds is 4. The quantitative estimate of drug-likeness (QED) is 0.684. The van der Waals surface area contributed by atoms with E-state index in [1.165, 1.54) is 6.07 Å². The van der Waals surface area contributed by atoms with Gasteiger partial charge in [0.25, 0.3) is 0 Å². The Labute approximate surface area is 160 Å². The molecule has 1 aliphatic carbocycles. The molecular formula is C22H16F2NO3-. The summed E-state index contributed by atoms with van der Waals surface area (Å²) in [4.78, 5) is 16.5. The standard InChI is InChI=1S/C22H17F2NO3/c23-22(24)28-18-11-4-1-6-13(18)12-14-7-5-9-16-19(21(26)27)15-8-2-3-10-17(15)25-20(14)16/h1-4,6,8,10-12,22H,5,7,9H2,(H,26,27)/p-1/b14-12+. The SMILES string of the molecule is O=C([O-])c1c2c(nc3ccccc13)/C(=C/c1ccccc1OC(F)F)CCC2. The van der Waals surface area contributed by atoms with E-state index in [0.29, 0.717) is 40.6 Å². The number of carbonyl (C=O) groups excluding carboxylic acids is 1. The molecule has 28 heavy (non-hydrogen) atoms. The van der Waals surface area contributed by atoms with E-state index in [9.17, 15) is 18.7 Å². The van der Waals surface area contributed by atoms with Gasteiger partial charge in [0.15, 0.2) is 0 Å². The highest BCUT2D eigenvalue weighted by molar-refractivity contribution is 6.05. The Morgan fingerprint density at radius 1 is 1.11 bits per heavy atom. The highest BCUT2D eigenvalue weighted by Gasteiger charge is 2.22. The largest absolute Gasteiger partial charge is 0.545 e. The first kappa shape index (κ1) is 18.1. The first-order chi connectivity index (χ1) is 13.5. The molecule has 6 heteroatoms. The van der Waals surface area contributed by atoms with Gasteiger partial charge in [-0.3, -0.25) is 0 Å². The molecule has 2 aromatic carbocycles. The van der Waals surface area contributed by atoms with E-state index in [4.69, 9.17) is 0 Å². The number of hydrogen-bond donors (Lipinski definition) is 0. The molecule has 0 radical (unpaired) electrons. The summed E-state index contributed by atoms with van der Waals surface area (Å²) in [7, 11) is 0. The second-order valence-electron chi connectivity index (χ2n) is 6.56. The number of hydrogen-bond acceptors (Lipinski definition) is 4. The molecule has 0 bridgehead atoms. The number of para-hydroxylation sites is 2. The molecule has 1 heterocycles. The lowest BCUT2D eigenvalue weighted by atomic mass is 9.86. The van der Waals surface area contributed by atoms with Crippen molar-refractivity contribution in [2.24, 2.45) is 0 Å². The third-order valence-corrected chi connectivity index (χ3v) is 4.84. The number of halogens is 2. The Hall–Kier alpha value is -3.28. The summed E-state index contributed by atoms with van der Waals surface area (Å²) in [5, 5.41) is 12.4. The molecule has 0 saturated heterocycles. The van der Waals surface area contributed by atoms with Gasteiger partial charge in [-0.2, -0.15) is 8.78 Å². The molecule has 4 rings (SSSR count). The molecule has 0 saturated carbocycles. The van der Waals surface area contributed by atoms with Crippen LogP contribution in [0.4, 0.5) is 8.78 Å². The summed E-state index contributed by atoms with van der Waals surface area (Å²) in [6, 6.07) is 13.5. The number of pyridine rings is 1. The van der Waals surface area contributed by atoms with Crippen LogP contribution in [0.15, 0.2) is 48.5 Å². The fourth-order valence-electron chi connectivity index (χ4n) is 3.70. The van der Waals surface area contributed by atoms with E-state index in [2.05, 4.69) is 9.72 Å². The van der Waals surface area contributed by atoms with Gasteiger partial charge < -0.3 is 14.6 Å². The molecule has 0 aliphatic heterocycles. The number of aromatic carboxylic acids is 1. The molecule has 0 spiro atoms. The van der Waals surface area contributed by atoms with Gasteiger partial charge in [-0.1, -0.05) is 36.4 Å². The summed E-state index contributed by atoms with van der Waals surface area (Å²) < 4.78 is 30.0. The zero-order chi connectivity index (χ0) is 19.7. The minimum absolute atomic E-state index is 0.0676. The number of carbonyl (C=O) groups is 1. The monoisotopic (exact) mass is 380 g/mol. The van der Waals surface area contributed by atoms with Crippen molar-refractivity contribution in [3.05, 3.63) is 70.9 Å². The van der Waals surface area contributed by atoms with E-state index in [-0.39, 0.29) is 11.3 Å². The molecule has 0 fully saturated rings. The minimum Gasteiger partial charge on any atom is -0.545 e. The van der Waals surface area contributed by atoms with Crippen LogP contribution in [0.5, 0.6) is 5.75 Å². The molecule has 4 nitrogen and oxygen atoms in total. The molecule has 0 unspecified atom stereocenters. The molecular weight excluding hydrogens is 364 g/mol. The Bertz CT molecular complexity index is 1090. The van der Waals surface area contributed by atoms with E-state index in [1.54, 1.807) is 48.5 Å². The minimum atomic E-state index is -2.93. The highest BCUT2D eigenvalue weighted by Crippen LogP contribution is 2.37. The number of ether oxygens (including phenoxy) is 1. The van der Waals surface area contributed by atoms with Crippen LogP contribution in [0.2, 0.25) is 0 Å². The van der Waals surface area contributed by atoms with Crippen molar-refractivity contribution < 1.29 is 23.4 Å². The Morgan fingerprint density at radius 3 is 2.64 bits per heavy atom. The van der Waals surface area contributed by atoms with Crippen molar-refractivity contribution in [1.29, 1.82) is 0 Å². The van der Waals surface area contributed by atoms with Gasteiger partial charge in [0.2, 0.25) is 0 Å². The van der Waals surface area contributed by atoms with Gasteiger partial charge >= 0.3 is 6.61 Å². The van der Waals surface area contributed by atoms with Crippen LogP contribution in [0.3, 0.4) is 0 Å². The Morgan fingerprint density at radius 2 is 1.86 bits per heavy atom. The van der Waals surface area contributed by atoms with Crippen LogP contribution in [0.1, 0.15) is 40.0 Å². The number of aromatic nitrogens is 1. The number of benzene rings is 2. The summed E-state index contributed by atoms with van der Waals surface area (Å²) in [6.07, 6.45) is 3.71. The molecule has 142 valence electrons. The lowest BCUT2D eigenvalue weighted by molar-refractivity contribution is -0.254. The lowest BCUT2D eigenvalue weighted by Crippen LogP contribution is -2.26. The maximum atomic E-state index is 12.7. The first-order valence-corrected chi connectivity index (χ1v) is 8.92. The average molecular weight is 380 g/mol. The molecule has 3 aromatic rings. The van der Waals surface area contributed by atoms with Crippen LogP contribution >= 0.6 is 0 Å².